The molecule has 0 aliphatic carbocycles. The van der Waals surface area contributed by atoms with Crippen LogP contribution in [0.5, 0.6) is 5.75 Å². The van der Waals surface area contributed by atoms with Crippen molar-refractivity contribution in [2.45, 2.75) is 6.92 Å². The van der Waals surface area contributed by atoms with Gasteiger partial charge in [-0.15, -0.1) is 0 Å². The third-order valence-corrected chi connectivity index (χ3v) is 4.12. The van der Waals surface area contributed by atoms with Crippen LogP contribution in [0.3, 0.4) is 0 Å². The second-order valence-corrected chi connectivity index (χ2v) is 6.25. The van der Waals surface area contributed by atoms with Gasteiger partial charge in [-0.3, -0.25) is 9.59 Å². The Hall–Kier alpha value is -3.87. The van der Waals surface area contributed by atoms with Crippen molar-refractivity contribution in [1.82, 2.24) is 0 Å². The zero-order valence-corrected chi connectivity index (χ0v) is 16.0. The SMILES string of the molecule is COc1ccc(C(=O)OCC(=O)Nc2cccc(NC(C)=O)c2)c2ccccc12. The number of amides is 2. The summed E-state index contributed by atoms with van der Waals surface area (Å²) in [5.41, 5.74) is 1.38. The number of hydrogen-bond donors (Lipinski definition) is 2. The van der Waals surface area contributed by atoms with Gasteiger partial charge in [-0.25, -0.2) is 4.79 Å². The molecule has 0 aliphatic rings. The Morgan fingerprint density at radius 2 is 1.55 bits per heavy atom. The van der Waals surface area contributed by atoms with E-state index in [9.17, 15) is 14.4 Å². The summed E-state index contributed by atoms with van der Waals surface area (Å²) in [5, 5.41) is 6.72. The van der Waals surface area contributed by atoms with Gasteiger partial charge in [-0.1, -0.05) is 30.3 Å². The first kappa shape index (κ1) is 19.9. The van der Waals surface area contributed by atoms with Crippen LogP contribution in [0, 0.1) is 0 Å². The van der Waals surface area contributed by atoms with Crippen molar-refractivity contribution in [1.29, 1.82) is 0 Å². The first-order valence-corrected chi connectivity index (χ1v) is 8.88. The Morgan fingerprint density at radius 3 is 2.24 bits per heavy atom. The number of nitrogens with one attached hydrogen (secondary N) is 2. The van der Waals surface area contributed by atoms with E-state index in [1.807, 2.05) is 18.2 Å². The smallest absolute Gasteiger partial charge is 0.339 e. The highest BCUT2D eigenvalue weighted by Crippen LogP contribution is 2.28. The van der Waals surface area contributed by atoms with E-state index in [-0.39, 0.29) is 5.91 Å². The molecule has 7 nitrogen and oxygen atoms in total. The quantitative estimate of drug-likeness (QED) is 0.625. The van der Waals surface area contributed by atoms with Crippen LogP contribution in [-0.2, 0) is 14.3 Å². The summed E-state index contributed by atoms with van der Waals surface area (Å²) < 4.78 is 10.5. The molecule has 0 saturated heterocycles. The van der Waals surface area contributed by atoms with Crippen LogP contribution in [0.15, 0.2) is 60.7 Å². The molecule has 3 aromatic carbocycles. The largest absolute Gasteiger partial charge is 0.496 e. The van der Waals surface area contributed by atoms with Gasteiger partial charge in [-0.2, -0.15) is 0 Å². The summed E-state index contributed by atoms with van der Waals surface area (Å²) in [7, 11) is 1.56. The van der Waals surface area contributed by atoms with Crippen molar-refractivity contribution >= 4 is 39.9 Å². The van der Waals surface area contributed by atoms with Crippen molar-refractivity contribution in [2.75, 3.05) is 24.4 Å². The molecule has 0 heterocycles. The minimum absolute atomic E-state index is 0.214. The Balaban J connectivity index is 1.66. The van der Waals surface area contributed by atoms with Gasteiger partial charge in [0.25, 0.3) is 5.91 Å². The van der Waals surface area contributed by atoms with Gasteiger partial charge < -0.3 is 20.1 Å². The number of hydrogen-bond acceptors (Lipinski definition) is 5. The molecule has 0 aliphatic heterocycles. The maximum absolute atomic E-state index is 12.5. The van der Waals surface area contributed by atoms with Crippen LogP contribution in [0.25, 0.3) is 10.8 Å². The van der Waals surface area contributed by atoms with Gasteiger partial charge in [0.1, 0.15) is 5.75 Å². The lowest BCUT2D eigenvalue weighted by molar-refractivity contribution is -0.119. The average molecular weight is 392 g/mol. The minimum atomic E-state index is -0.606. The van der Waals surface area contributed by atoms with E-state index in [2.05, 4.69) is 10.6 Å². The van der Waals surface area contributed by atoms with E-state index in [0.29, 0.717) is 28.1 Å². The topological polar surface area (TPSA) is 93.7 Å². The Labute approximate surface area is 167 Å². The summed E-state index contributed by atoms with van der Waals surface area (Å²) in [5.74, 6) is -0.662. The second-order valence-electron chi connectivity index (χ2n) is 6.25. The van der Waals surface area contributed by atoms with Gasteiger partial charge in [0.2, 0.25) is 5.91 Å². The monoisotopic (exact) mass is 392 g/mol. The lowest BCUT2D eigenvalue weighted by Crippen LogP contribution is -2.21. The molecule has 3 aromatic rings. The van der Waals surface area contributed by atoms with E-state index in [0.717, 1.165) is 5.39 Å². The number of benzene rings is 3. The molecule has 3 rings (SSSR count). The number of carbonyl (C=O) groups excluding carboxylic acids is 3. The molecule has 0 radical (unpaired) electrons. The molecule has 0 unspecified atom stereocenters. The lowest BCUT2D eigenvalue weighted by atomic mass is 10.0. The maximum atomic E-state index is 12.5. The van der Waals surface area contributed by atoms with Crippen molar-refractivity contribution in [3.63, 3.8) is 0 Å². The molecule has 0 aromatic heterocycles. The Bertz CT molecular complexity index is 1080. The maximum Gasteiger partial charge on any atom is 0.339 e. The van der Waals surface area contributed by atoms with Crippen molar-refractivity contribution in [2.24, 2.45) is 0 Å². The summed E-state index contributed by atoms with van der Waals surface area (Å²) in [6.07, 6.45) is 0. The predicted molar refractivity (Wildman–Crippen MR) is 110 cm³/mol. The van der Waals surface area contributed by atoms with Crippen LogP contribution < -0.4 is 15.4 Å². The van der Waals surface area contributed by atoms with Crippen LogP contribution in [0.1, 0.15) is 17.3 Å². The van der Waals surface area contributed by atoms with Gasteiger partial charge >= 0.3 is 5.97 Å². The predicted octanol–water partition coefficient (Wildman–Crippen LogP) is 3.60. The van der Waals surface area contributed by atoms with Crippen LogP contribution in [0.2, 0.25) is 0 Å². The average Bonchev–Trinajstić information content (AvgIpc) is 2.71. The van der Waals surface area contributed by atoms with Gasteiger partial charge in [-0.05, 0) is 35.7 Å². The molecule has 0 fully saturated rings. The van der Waals surface area contributed by atoms with Crippen molar-refractivity contribution in [3.8, 4) is 5.75 Å². The first-order chi connectivity index (χ1) is 14.0. The Morgan fingerprint density at radius 1 is 0.862 bits per heavy atom. The van der Waals surface area contributed by atoms with E-state index < -0.39 is 18.5 Å². The molecule has 0 atom stereocenters. The van der Waals surface area contributed by atoms with Crippen LogP contribution in [0.4, 0.5) is 11.4 Å². The normalized spacial score (nSPS) is 10.3. The van der Waals surface area contributed by atoms with Gasteiger partial charge in [0.05, 0.1) is 12.7 Å². The van der Waals surface area contributed by atoms with E-state index in [4.69, 9.17) is 9.47 Å². The fraction of sp³-hybridized carbons (Fsp3) is 0.136. The second kappa shape index (κ2) is 8.88. The third kappa shape index (κ3) is 4.90. The van der Waals surface area contributed by atoms with Gasteiger partial charge in [0.15, 0.2) is 6.61 Å². The third-order valence-electron chi connectivity index (χ3n) is 4.12. The molecule has 2 amide bonds. The first-order valence-electron chi connectivity index (χ1n) is 8.88. The number of anilines is 2. The summed E-state index contributed by atoms with van der Waals surface area (Å²) >= 11 is 0. The number of rotatable bonds is 6. The van der Waals surface area contributed by atoms with E-state index in [1.54, 1.807) is 49.6 Å². The number of methoxy groups -OCH3 is 1. The molecular formula is C22H20N2O5. The highest BCUT2D eigenvalue weighted by molar-refractivity contribution is 6.07. The molecule has 0 spiro atoms. The zero-order valence-electron chi connectivity index (χ0n) is 16.0. The summed E-state index contributed by atoms with van der Waals surface area (Å²) in [4.78, 5) is 35.8. The van der Waals surface area contributed by atoms with E-state index >= 15 is 0 Å². The highest BCUT2D eigenvalue weighted by Gasteiger charge is 2.15. The molecule has 0 bridgehead atoms. The molecule has 2 N–H and O–H groups in total. The molecule has 29 heavy (non-hydrogen) atoms. The fourth-order valence-electron chi connectivity index (χ4n) is 2.91. The highest BCUT2D eigenvalue weighted by atomic mass is 16.5. The minimum Gasteiger partial charge on any atom is -0.496 e. The van der Waals surface area contributed by atoms with Crippen LogP contribution in [-0.4, -0.2) is 31.5 Å². The number of ether oxygens (including phenoxy) is 2. The molecule has 148 valence electrons. The Kier molecular flexibility index (Phi) is 6.09. The number of carbonyl (C=O) groups is 3. The molecular weight excluding hydrogens is 372 g/mol. The van der Waals surface area contributed by atoms with Crippen LogP contribution >= 0.6 is 0 Å². The summed E-state index contributed by atoms with van der Waals surface area (Å²) in [6, 6.07) is 17.3. The lowest BCUT2D eigenvalue weighted by Gasteiger charge is -2.11. The van der Waals surface area contributed by atoms with Crippen molar-refractivity contribution in [3.05, 3.63) is 66.2 Å². The fourth-order valence-corrected chi connectivity index (χ4v) is 2.91. The standard InChI is InChI=1S/C22H20N2O5/c1-14(25)23-15-6-5-7-16(12-15)24-21(26)13-29-22(27)19-10-11-20(28-2)18-9-4-3-8-17(18)19/h3-12H,13H2,1-2H3,(H,23,25)(H,24,26). The summed E-state index contributed by atoms with van der Waals surface area (Å²) in [6.45, 7) is 0.955. The number of esters is 1. The zero-order chi connectivity index (χ0) is 20.8. The van der Waals surface area contributed by atoms with E-state index in [1.165, 1.54) is 6.92 Å². The number of fused-ring (bicyclic) bond motifs is 1. The molecule has 0 saturated carbocycles. The molecule has 7 heteroatoms. The van der Waals surface area contributed by atoms with Crippen molar-refractivity contribution < 1.29 is 23.9 Å². The van der Waals surface area contributed by atoms with Gasteiger partial charge in [0, 0.05) is 23.7 Å².